The number of nitriles is 1. The molecule has 0 bridgehead atoms. The molecule has 2 heterocycles. The van der Waals surface area contributed by atoms with E-state index in [1.165, 1.54) is 10.7 Å². The summed E-state index contributed by atoms with van der Waals surface area (Å²) in [6.45, 7) is 2.17. The topological polar surface area (TPSA) is 77.2 Å². The first-order valence-corrected chi connectivity index (χ1v) is 9.74. The highest BCUT2D eigenvalue weighted by Gasteiger charge is 2.23. The van der Waals surface area contributed by atoms with Gasteiger partial charge in [-0.2, -0.15) is 5.26 Å². The zero-order valence-electron chi connectivity index (χ0n) is 15.9. The second-order valence-electron chi connectivity index (χ2n) is 6.77. The molecule has 0 saturated carbocycles. The van der Waals surface area contributed by atoms with Crippen LogP contribution in [0.2, 0.25) is 5.02 Å². The number of anilines is 2. The average Bonchev–Trinajstić information content (AvgIpc) is 3.22. The molecule has 3 aromatic rings. The summed E-state index contributed by atoms with van der Waals surface area (Å²) < 4.78 is 15.3. The van der Waals surface area contributed by atoms with Crippen LogP contribution in [0.3, 0.4) is 0 Å². The molecule has 0 atom stereocenters. The zero-order valence-corrected chi connectivity index (χ0v) is 16.7. The summed E-state index contributed by atoms with van der Waals surface area (Å²) in [6.07, 6.45) is 1.59. The van der Waals surface area contributed by atoms with Crippen LogP contribution in [-0.4, -0.2) is 46.9 Å². The average molecular weight is 425 g/mol. The lowest BCUT2D eigenvalue weighted by Crippen LogP contribution is -2.50. The van der Waals surface area contributed by atoms with Crippen molar-refractivity contribution in [3.05, 3.63) is 71.1 Å². The smallest absolute Gasteiger partial charge is 0.323 e. The largest absolute Gasteiger partial charge is 0.367 e. The minimum Gasteiger partial charge on any atom is -0.367 e. The molecule has 0 aliphatic carbocycles. The van der Waals surface area contributed by atoms with Crippen LogP contribution in [0, 0.1) is 17.1 Å². The number of hydrogen-bond acceptors (Lipinski definition) is 4. The lowest BCUT2D eigenvalue weighted by molar-refractivity contribution is 0.208. The van der Waals surface area contributed by atoms with Gasteiger partial charge in [-0.25, -0.2) is 13.9 Å². The van der Waals surface area contributed by atoms with Crippen molar-refractivity contribution >= 4 is 29.1 Å². The Hall–Kier alpha value is -3.57. The Morgan fingerprint density at radius 2 is 1.87 bits per heavy atom. The molecule has 30 heavy (non-hydrogen) atoms. The molecule has 1 aliphatic heterocycles. The van der Waals surface area contributed by atoms with Crippen LogP contribution in [0.25, 0.3) is 5.69 Å². The lowest BCUT2D eigenvalue weighted by Gasteiger charge is -2.36. The fourth-order valence-corrected chi connectivity index (χ4v) is 3.55. The Morgan fingerprint density at radius 1 is 1.10 bits per heavy atom. The molecule has 0 spiro atoms. The molecule has 7 nitrogen and oxygen atoms in total. The van der Waals surface area contributed by atoms with Crippen molar-refractivity contribution in [1.29, 1.82) is 5.26 Å². The summed E-state index contributed by atoms with van der Waals surface area (Å²) in [5, 5.41) is 16.8. The van der Waals surface area contributed by atoms with Gasteiger partial charge in [-0.15, -0.1) is 5.10 Å². The van der Waals surface area contributed by atoms with E-state index in [9.17, 15) is 14.4 Å². The fourth-order valence-electron chi connectivity index (χ4n) is 3.37. The standard InChI is InChI=1S/C21H18ClFN6O/c22-16-5-6-18(15(13-16)14-24)27-9-11-28(12-10-27)21(30)25-20-7-8-29(26-20)19-4-2-1-3-17(19)23/h1-8,13H,9-12H2,(H,25,26,30). The van der Waals surface area contributed by atoms with Gasteiger partial charge < -0.3 is 9.80 Å². The molecule has 1 N–H and O–H groups in total. The van der Waals surface area contributed by atoms with E-state index in [0.29, 0.717) is 48.3 Å². The Bertz CT molecular complexity index is 1120. The number of carbonyl (C=O) groups excluding carboxylic acids is 1. The normalized spacial score (nSPS) is 13.8. The molecule has 1 aliphatic rings. The van der Waals surface area contributed by atoms with Crippen LogP contribution in [0.4, 0.5) is 20.7 Å². The van der Waals surface area contributed by atoms with E-state index in [4.69, 9.17) is 11.6 Å². The van der Waals surface area contributed by atoms with Crippen LogP contribution < -0.4 is 10.2 Å². The Balaban J connectivity index is 1.38. The number of benzene rings is 2. The summed E-state index contributed by atoms with van der Waals surface area (Å²) in [5.41, 5.74) is 1.63. The minimum absolute atomic E-state index is 0.273. The predicted octanol–water partition coefficient (Wildman–Crippen LogP) is 3.89. The second kappa shape index (κ2) is 8.43. The van der Waals surface area contributed by atoms with E-state index in [2.05, 4.69) is 21.4 Å². The molecule has 1 fully saturated rings. The Labute approximate surface area is 177 Å². The number of amides is 2. The zero-order chi connectivity index (χ0) is 21.1. The number of halogens is 2. The maximum atomic E-state index is 13.9. The molecule has 152 valence electrons. The first-order valence-electron chi connectivity index (χ1n) is 9.36. The van der Waals surface area contributed by atoms with Crippen molar-refractivity contribution < 1.29 is 9.18 Å². The van der Waals surface area contributed by atoms with Gasteiger partial charge in [0.15, 0.2) is 5.82 Å². The lowest BCUT2D eigenvalue weighted by atomic mass is 10.1. The van der Waals surface area contributed by atoms with Crippen molar-refractivity contribution in [2.45, 2.75) is 0 Å². The second-order valence-corrected chi connectivity index (χ2v) is 7.21. The van der Waals surface area contributed by atoms with E-state index in [1.54, 1.807) is 47.5 Å². The van der Waals surface area contributed by atoms with E-state index >= 15 is 0 Å². The third-order valence-electron chi connectivity index (χ3n) is 4.91. The highest BCUT2D eigenvalue weighted by atomic mass is 35.5. The van der Waals surface area contributed by atoms with Gasteiger partial charge in [0.2, 0.25) is 0 Å². The SMILES string of the molecule is N#Cc1cc(Cl)ccc1N1CCN(C(=O)Nc2ccn(-c3ccccc3F)n2)CC1. The summed E-state index contributed by atoms with van der Waals surface area (Å²) in [4.78, 5) is 16.3. The van der Waals surface area contributed by atoms with Crippen molar-refractivity contribution in [3.8, 4) is 11.8 Å². The molecular formula is C21H18ClFN6O. The third-order valence-corrected chi connectivity index (χ3v) is 5.15. The number of rotatable bonds is 3. The van der Waals surface area contributed by atoms with Gasteiger partial charge in [-0.3, -0.25) is 5.32 Å². The maximum Gasteiger partial charge on any atom is 0.323 e. The number of urea groups is 1. The summed E-state index contributed by atoms with van der Waals surface area (Å²) in [5.74, 6) is -0.0521. The Kier molecular flexibility index (Phi) is 5.55. The van der Waals surface area contributed by atoms with Gasteiger partial charge in [0.25, 0.3) is 0 Å². The number of piperazine rings is 1. The number of carbonyl (C=O) groups is 1. The molecule has 9 heteroatoms. The Morgan fingerprint density at radius 3 is 2.60 bits per heavy atom. The van der Waals surface area contributed by atoms with Crippen molar-refractivity contribution in [1.82, 2.24) is 14.7 Å². The molecule has 2 amide bonds. The van der Waals surface area contributed by atoms with E-state index in [1.807, 2.05) is 6.07 Å². The molecule has 0 radical (unpaired) electrons. The fraction of sp³-hybridized carbons (Fsp3) is 0.190. The molecule has 0 unspecified atom stereocenters. The van der Waals surface area contributed by atoms with E-state index in [-0.39, 0.29) is 6.03 Å². The monoisotopic (exact) mass is 424 g/mol. The summed E-state index contributed by atoms with van der Waals surface area (Å²) in [7, 11) is 0. The van der Waals surface area contributed by atoms with Crippen LogP contribution >= 0.6 is 11.6 Å². The van der Waals surface area contributed by atoms with Gasteiger partial charge in [0.05, 0.1) is 11.3 Å². The molecule has 4 rings (SSSR count). The summed E-state index contributed by atoms with van der Waals surface area (Å²) >= 11 is 5.97. The van der Waals surface area contributed by atoms with Crippen molar-refractivity contribution in [2.24, 2.45) is 0 Å². The molecular weight excluding hydrogens is 407 g/mol. The van der Waals surface area contributed by atoms with Crippen LogP contribution in [0.15, 0.2) is 54.7 Å². The maximum absolute atomic E-state index is 13.9. The van der Waals surface area contributed by atoms with Crippen LogP contribution in [0.1, 0.15) is 5.56 Å². The first kappa shape index (κ1) is 19.7. The number of aromatic nitrogens is 2. The first-order chi connectivity index (χ1) is 14.5. The highest BCUT2D eigenvalue weighted by Crippen LogP contribution is 2.25. The van der Waals surface area contributed by atoms with Crippen molar-refractivity contribution in [2.75, 3.05) is 36.4 Å². The number of nitrogens with one attached hydrogen (secondary N) is 1. The molecule has 1 aromatic heterocycles. The van der Waals surface area contributed by atoms with Gasteiger partial charge >= 0.3 is 6.03 Å². The third kappa shape index (κ3) is 4.07. The number of hydrogen-bond donors (Lipinski definition) is 1. The van der Waals surface area contributed by atoms with Crippen LogP contribution in [0.5, 0.6) is 0 Å². The highest BCUT2D eigenvalue weighted by molar-refractivity contribution is 6.30. The molecule has 2 aromatic carbocycles. The quantitative estimate of drug-likeness (QED) is 0.692. The molecule has 1 saturated heterocycles. The van der Waals surface area contributed by atoms with Gasteiger partial charge in [0.1, 0.15) is 17.6 Å². The minimum atomic E-state index is -0.395. The number of nitrogens with zero attached hydrogens (tertiary/aromatic N) is 5. The predicted molar refractivity (Wildman–Crippen MR) is 112 cm³/mol. The van der Waals surface area contributed by atoms with Crippen molar-refractivity contribution in [3.63, 3.8) is 0 Å². The van der Waals surface area contributed by atoms with Gasteiger partial charge in [-0.1, -0.05) is 23.7 Å². The van der Waals surface area contributed by atoms with E-state index < -0.39 is 5.82 Å². The van der Waals surface area contributed by atoms with Gasteiger partial charge in [0, 0.05) is 43.5 Å². The number of para-hydroxylation sites is 1. The van der Waals surface area contributed by atoms with E-state index in [0.717, 1.165) is 5.69 Å². The van der Waals surface area contributed by atoms with Gasteiger partial charge in [-0.05, 0) is 30.3 Å². The summed E-state index contributed by atoms with van der Waals surface area (Å²) in [6, 6.07) is 15.0. The van der Waals surface area contributed by atoms with Crippen LogP contribution in [-0.2, 0) is 0 Å².